The Bertz CT molecular complexity index is 630. The maximum atomic E-state index is 11.4. The van der Waals surface area contributed by atoms with Gasteiger partial charge in [0, 0.05) is 25.2 Å². The summed E-state index contributed by atoms with van der Waals surface area (Å²) in [6.45, 7) is 7.06. The minimum atomic E-state index is -1.15. The molecule has 0 aliphatic carbocycles. The van der Waals surface area contributed by atoms with Gasteiger partial charge in [-0.05, 0) is 11.0 Å². The highest BCUT2D eigenvalue weighted by Crippen LogP contribution is 2.41. The molecule has 1 aliphatic rings. The van der Waals surface area contributed by atoms with E-state index in [1.165, 1.54) is 0 Å². The molecule has 1 aliphatic heterocycles. The number of hydrogen-bond donors (Lipinski definition) is 4. The molecule has 0 bridgehead atoms. The molecule has 1 aromatic rings. The first-order valence-corrected chi connectivity index (χ1v) is 7.84. The summed E-state index contributed by atoms with van der Waals surface area (Å²) in [5.74, 6) is -1.15. The molecule has 1 fully saturated rings. The lowest BCUT2D eigenvalue weighted by atomic mass is 9.71. The molecule has 1 aromatic carbocycles. The Balaban J connectivity index is 2.24. The van der Waals surface area contributed by atoms with Crippen LogP contribution in [-0.4, -0.2) is 51.8 Å². The molecule has 1 saturated heterocycles. The number of carboxylic acid groups (broad SMARTS) is 1. The predicted molar refractivity (Wildman–Crippen MR) is 89.9 cm³/mol. The molecule has 1 atom stereocenters. The van der Waals surface area contributed by atoms with Gasteiger partial charge in [-0.25, -0.2) is 0 Å². The van der Waals surface area contributed by atoms with E-state index in [0.29, 0.717) is 30.8 Å². The topological polar surface area (TPSA) is 119 Å². The predicted octanol–water partition coefficient (Wildman–Crippen LogP) is 1.03. The molecule has 0 aromatic heterocycles. The minimum Gasteiger partial charge on any atom is -0.481 e. The second-order valence-electron chi connectivity index (χ2n) is 7.40. The molecule has 0 amide bonds. The number of carbonyl (C=O) groups is 1. The summed E-state index contributed by atoms with van der Waals surface area (Å²) in [4.78, 5) is 12.9. The Hall–Kier alpha value is -2.12. The third-order valence-corrected chi connectivity index (χ3v) is 4.77. The Morgan fingerprint density at radius 2 is 1.83 bits per heavy atom. The van der Waals surface area contributed by atoms with Gasteiger partial charge in [0.05, 0.1) is 5.92 Å². The van der Waals surface area contributed by atoms with Crippen LogP contribution in [-0.2, 0) is 10.4 Å². The first kappa shape index (κ1) is 18.2. The van der Waals surface area contributed by atoms with Gasteiger partial charge < -0.3 is 21.2 Å². The van der Waals surface area contributed by atoms with Crippen LogP contribution in [0.15, 0.2) is 29.4 Å². The van der Waals surface area contributed by atoms with Gasteiger partial charge in [-0.3, -0.25) is 9.69 Å². The number of aliphatic carboxylic acids is 1. The number of oxime groups is 1. The zero-order valence-corrected chi connectivity index (χ0v) is 14.2. The van der Waals surface area contributed by atoms with Crippen molar-refractivity contribution in [1.82, 2.24) is 4.90 Å². The molecule has 7 heteroatoms. The number of aliphatic hydroxyl groups is 1. The highest BCUT2D eigenvalue weighted by atomic mass is 16.4. The van der Waals surface area contributed by atoms with Gasteiger partial charge in [0.2, 0.25) is 0 Å². The van der Waals surface area contributed by atoms with Gasteiger partial charge in [-0.15, -0.1) is 0 Å². The zero-order chi connectivity index (χ0) is 18.1. The van der Waals surface area contributed by atoms with Crippen LogP contribution < -0.4 is 5.73 Å². The first-order chi connectivity index (χ1) is 11.1. The van der Waals surface area contributed by atoms with Crippen LogP contribution in [0.1, 0.15) is 31.9 Å². The van der Waals surface area contributed by atoms with Crippen molar-refractivity contribution in [2.24, 2.45) is 22.2 Å². The number of β-amino-alcohol motifs (C(OH)–C–C–N with tert-alkyl or cyclic N) is 1. The zero-order valence-electron chi connectivity index (χ0n) is 14.2. The Labute approximate surface area is 141 Å². The Kier molecular flexibility index (Phi) is 4.87. The van der Waals surface area contributed by atoms with Gasteiger partial charge in [0.15, 0.2) is 5.84 Å². The number of carboxylic acids is 1. The summed E-state index contributed by atoms with van der Waals surface area (Å²) in [5.41, 5.74) is 5.23. The van der Waals surface area contributed by atoms with Crippen molar-refractivity contribution in [3.05, 3.63) is 35.4 Å². The number of benzene rings is 1. The SMILES string of the molecule is CC(C)(C)C(O)(CN1CC(C(=O)O)C1)c1ccc(C(N)=NO)cc1. The molecule has 5 N–H and O–H groups in total. The molecule has 7 nitrogen and oxygen atoms in total. The van der Waals surface area contributed by atoms with Crippen LogP contribution in [0.4, 0.5) is 0 Å². The maximum Gasteiger partial charge on any atom is 0.309 e. The fraction of sp³-hybridized carbons (Fsp3) is 0.529. The van der Waals surface area contributed by atoms with Gasteiger partial charge >= 0.3 is 5.97 Å². The van der Waals surface area contributed by atoms with Crippen molar-refractivity contribution in [1.29, 1.82) is 0 Å². The summed E-state index contributed by atoms with van der Waals surface area (Å²) in [7, 11) is 0. The number of hydrogen-bond acceptors (Lipinski definition) is 5. The lowest BCUT2D eigenvalue weighted by Gasteiger charge is -2.47. The third kappa shape index (κ3) is 3.37. The minimum absolute atomic E-state index is 0.00731. The van der Waals surface area contributed by atoms with Crippen molar-refractivity contribution in [2.75, 3.05) is 19.6 Å². The molecule has 132 valence electrons. The summed E-state index contributed by atoms with van der Waals surface area (Å²) < 4.78 is 0. The van der Waals surface area contributed by atoms with Crippen molar-refractivity contribution in [3.63, 3.8) is 0 Å². The van der Waals surface area contributed by atoms with E-state index < -0.39 is 17.0 Å². The Morgan fingerprint density at radius 1 is 1.29 bits per heavy atom. The van der Waals surface area contributed by atoms with E-state index in [4.69, 9.17) is 16.0 Å². The highest BCUT2D eigenvalue weighted by Gasteiger charge is 2.46. The van der Waals surface area contributed by atoms with E-state index in [2.05, 4.69) is 5.16 Å². The van der Waals surface area contributed by atoms with Gasteiger partial charge in [0.25, 0.3) is 0 Å². The monoisotopic (exact) mass is 335 g/mol. The van der Waals surface area contributed by atoms with Crippen LogP contribution in [0.3, 0.4) is 0 Å². The fourth-order valence-corrected chi connectivity index (χ4v) is 2.91. The van der Waals surface area contributed by atoms with E-state index in [9.17, 15) is 9.90 Å². The van der Waals surface area contributed by atoms with Crippen LogP contribution in [0, 0.1) is 11.3 Å². The van der Waals surface area contributed by atoms with E-state index in [1.54, 1.807) is 24.3 Å². The molecule has 1 unspecified atom stereocenters. The quantitative estimate of drug-likeness (QED) is 0.276. The van der Waals surface area contributed by atoms with Crippen LogP contribution in [0.25, 0.3) is 0 Å². The number of likely N-dealkylation sites (tertiary alicyclic amines) is 1. The maximum absolute atomic E-state index is 11.4. The summed E-state index contributed by atoms with van der Waals surface area (Å²) in [6.07, 6.45) is 0. The van der Waals surface area contributed by atoms with Gasteiger partial charge in [0.1, 0.15) is 5.60 Å². The van der Waals surface area contributed by atoms with Crippen molar-refractivity contribution in [3.8, 4) is 0 Å². The average Bonchev–Trinajstić information content (AvgIpc) is 2.48. The molecular formula is C17H25N3O4. The molecule has 1 heterocycles. The standard InChI is InChI=1S/C17H25N3O4/c1-16(2,3)17(23,10-20-8-12(9-20)15(21)22)13-6-4-11(5-7-13)14(18)19-24/h4-7,12,23-24H,8-10H2,1-3H3,(H2,18,19)(H,21,22). The lowest BCUT2D eigenvalue weighted by molar-refractivity contribution is -0.152. The van der Waals surface area contributed by atoms with Crippen LogP contribution >= 0.6 is 0 Å². The van der Waals surface area contributed by atoms with Gasteiger partial charge in [-0.2, -0.15) is 0 Å². The van der Waals surface area contributed by atoms with E-state index in [1.807, 2.05) is 25.7 Å². The summed E-state index contributed by atoms with van der Waals surface area (Å²) in [5, 5.41) is 32.1. The van der Waals surface area contributed by atoms with E-state index >= 15 is 0 Å². The molecule has 0 spiro atoms. The average molecular weight is 335 g/mol. The van der Waals surface area contributed by atoms with E-state index in [0.717, 1.165) is 0 Å². The van der Waals surface area contributed by atoms with Crippen molar-refractivity contribution >= 4 is 11.8 Å². The van der Waals surface area contributed by atoms with E-state index in [-0.39, 0.29) is 11.8 Å². The highest BCUT2D eigenvalue weighted by molar-refractivity contribution is 5.96. The number of rotatable bonds is 5. The summed E-state index contributed by atoms with van der Waals surface area (Å²) in [6, 6.07) is 6.90. The normalized spacial score (nSPS) is 19.6. The molecule has 0 saturated carbocycles. The van der Waals surface area contributed by atoms with Crippen LogP contribution in [0.5, 0.6) is 0 Å². The third-order valence-electron chi connectivity index (χ3n) is 4.77. The molecular weight excluding hydrogens is 310 g/mol. The summed E-state index contributed by atoms with van der Waals surface area (Å²) >= 11 is 0. The number of nitrogens with zero attached hydrogens (tertiary/aromatic N) is 2. The van der Waals surface area contributed by atoms with Crippen molar-refractivity contribution in [2.45, 2.75) is 26.4 Å². The molecule has 24 heavy (non-hydrogen) atoms. The molecule has 0 radical (unpaired) electrons. The number of nitrogens with two attached hydrogens (primary N) is 1. The number of amidine groups is 1. The Morgan fingerprint density at radius 3 is 2.25 bits per heavy atom. The van der Waals surface area contributed by atoms with Gasteiger partial charge in [-0.1, -0.05) is 50.2 Å². The molecule has 2 rings (SSSR count). The smallest absolute Gasteiger partial charge is 0.309 e. The fourth-order valence-electron chi connectivity index (χ4n) is 2.91. The lowest BCUT2D eigenvalue weighted by Crippen LogP contribution is -2.58. The van der Waals surface area contributed by atoms with Crippen molar-refractivity contribution < 1.29 is 20.2 Å². The second-order valence-corrected chi connectivity index (χ2v) is 7.40. The second kappa shape index (κ2) is 6.41. The largest absolute Gasteiger partial charge is 0.481 e. The first-order valence-electron chi connectivity index (χ1n) is 7.84. The van der Waals surface area contributed by atoms with Crippen LogP contribution in [0.2, 0.25) is 0 Å².